The number of hydrogen-bond donors (Lipinski definition) is 0. The summed E-state index contributed by atoms with van der Waals surface area (Å²) < 4.78 is 25.6. The summed E-state index contributed by atoms with van der Waals surface area (Å²) in [7, 11) is 1.85. The fourth-order valence-corrected chi connectivity index (χ4v) is 5.55. The van der Waals surface area contributed by atoms with E-state index in [1.54, 1.807) is 25.3 Å². The zero-order chi connectivity index (χ0) is 24.4. The number of likely N-dealkylation sites (N-methyl/N-ethyl adjacent to an activating group) is 1. The lowest BCUT2D eigenvalue weighted by Gasteiger charge is -2.40. The molecule has 2 aliphatic rings. The lowest BCUT2D eigenvalue weighted by atomic mass is 9.84. The van der Waals surface area contributed by atoms with Gasteiger partial charge in [-0.3, -0.25) is 9.69 Å². The van der Waals surface area contributed by atoms with Crippen molar-refractivity contribution in [2.75, 3.05) is 26.7 Å². The van der Waals surface area contributed by atoms with Gasteiger partial charge in [0.15, 0.2) is 0 Å². The Balaban J connectivity index is 1.29. The van der Waals surface area contributed by atoms with Gasteiger partial charge in [-0.05, 0) is 80.1 Å². The van der Waals surface area contributed by atoms with Crippen molar-refractivity contribution in [3.05, 3.63) is 88.6 Å². The highest BCUT2D eigenvalue weighted by Gasteiger charge is 2.33. The molecule has 0 spiro atoms. The third kappa shape index (κ3) is 5.13. The van der Waals surface area contributed by atoms with E-state index in [0.29, 0.717) is 29.2 Å². The molecule has 0 aliphatic carbocycles. The Bertz CT molecular complexity index is 1180. The van der Waals surface area contributed by atoms with Crippen LogP contribution in [-0.4, -0.2) is 48.5 Å². The van der Waals surface area contributed by atoms with E-state index >= 15 is 0 Å². The van der Waals surface area contributed by atoms with Crippen LogP contribution in [0.3, 0.4) is 0 Å². The van der Waals surface area contributed by atoms with E-state index in [4.69, 9.17) is 9.15 Å². The summed E-state index contributed by atoms with van der Waals surface area (Å²) >= 11 is 0. The molecule has 1 unspecified atom stereocenters. The van der Waals surface area contributed by atoms with Crippen LogP contribution in [0.2, 0.25) is 0 Å². The van der Waals surface area contributed by atoms with Gasteiger partial charge in [-0.2, -0.15) is 0 Å². The quantitative estimate of drug-likeness (QED) is 0.467. The third-order valence-corrected chi connectivity index (χ3v) is 7.63. The Morgan fingerprint density at radius 1 is 1.17 bits per heavy atom. The minimum Gasteiger partial charge on any atom is -0.493 e. The van der Waals surface area contributed by atoms with Crippen molar-refractivity contribution in [3.8, 4) is 5.75 Å². The number of carbonyl (C=O) groups is 1. The number of piperidine rings is 1. The molecule has 0 N–H and O–H groups in total. The van der Waals surface area contributed by atoms with E-state index in [0.717, 1.165) is 51.3 Å². The summed E-state index contributed by atoms with van der Waals surface area (Å²) in [6.45, 7) is 5.41. The number of carbonyl (C=O) groups excluding carboxylic acids is 1. The van der Waals surface area contributed by atoms with Crippen molar-refractivity contribution in [2.45, 2.75) is 45.2 Å². The minimum absolute atomic E-state index is 0.0691. The maximum Gasteiger partial charge on any atom is 0.257 e. The van der Waals surface area contributed by atoms with Crippen molar-refractivity contribution in [1.82, 2.24) is 9.80 Å². The van der Waals surface area contributed by atoms with Crippen molar-refractivity contribution < 1.29 is 18.3 Å². The van der Waals surface area contributed by atoms with Gasteiger partial charge in [0.1, 0.15) is 17.3 Å². The molecule has 1 fully saturated rings. The topological polar surface area (TPSA) is 45.9 Å². The second kappa shape index (κ2) is 10.2. The fourth-order valence-electron chi connectivity index (χ4n) is 5.55. The first kappa shape index (κ1) is 23.6. The largest absolute Gasteiger partial charge is 0.493 e. The fraction of sp³-hybridized carbons (Fsp3) is 0.414. The zero-order valence-electron chi connectivity index (χ0n) is 20.5. The van der Waals surface area contributed by atoms with Gasteiger partial charge >= 0.3 is 0 Å². The van der Waals surface area contributed by atoms with Gasteiger partial charge < -0.3 is 14.1 Å². The molecule has 5 nitrogen and oxygen atoms in total. The molecule has 3 heterocycles. The number of benzene rings is 2. The van der Waals surface area contributed by atoms with Crippen molar-refractivity contribution in [2.24, 2.45) is 5.92 Å². The standard InChI is InChI=1S/C29H33FN2O3/c1-20-25(12-16-34-20)29(33)31(2)27(18-23-5-3-4-6-26(23)30)22-9-13-32(14-10-22)19-21-7-8-28-24(17-21)11-15-35-28/h3-8,12,16-17,22,27H,9-11,13-15,18-19H2,1-2H3. The second-order valence-electron chi connectivity index (χ2n) is 9.82. The molecule has 2 aliphatic heterocycles. The van der Waals surface area contributed by atoms with Gasteiger partial charge in [0, 0.05) is 26.1 Å². The summed E-state index contributed by atoms with van der Waals surface area (Å²) in [5.41, 5.74) is 3.85. The smallest absolute Gasteiger partial charge is 0.257 e. The molecule has 6 heteroatoms. The van der Waals surface area contributed by atoms with Crippen LogP contribution in [0.1, 0.15) is 45.7 Å². The molecule has 1 saturated heterocycles. The number of aryl methyl sites for hydroxylation is 1. The van der Waals surface area contributed by atoms with Gasteiger partial charge in [-0.1, -0.05) is 30.3 Å². The van der Waals surface area contributed by atoms with Crippen LogP contribution in [0.4, 0.5) is 4.39 Å². The number of rotatable bonds is 7. The summed E-state index contributed by atoms with van der Waals surface area (Å²) in [4.78, 5) is 17.6. The Hall–Kier alpha value is -3.12. The number of hydrogen-bond acceptors (Lipinski definition) is 4. The van der Waals surface area contributed by atoms with Crippen molar-refractivity contribution in [3.63, 3.8) is 0 Å². The summed E-state index contributed by atoms with van der Waals surface area (Å²) in [6, 6.07) is 15.1. The first-order chi connectivity index (χ1) is 17.0. The predicted octanol–water partition coefficient (Wildman–Crippen LogP) is 5.26. The van der Waals surface area contributed by atoms with Gasteiger partial charge in [0.2, 0.25) is 0 Å². The number of fused-ring (bicyclic) bond motifs is 1. The van der Waals surface area contributed by atoms with E-state index in [1.165, 1.54) is 17.2 Å². The number of halogens is 1. The molecule has 0 saturated carbocycles. The molecule has 1 amide bonds. The van der Waals surface area contributed by atoms with Crippen LogP contribution < -0.4 is 4.74 Å². The van der Waals surface area contributed by atoms with E-state index in [9.17, 15) is 9.18 Å². The van der Waals surface area contributed by atoms with Crippen molar-refractivity contribution >= 4 is 5.91 Å². The first-order valence-electron chi connectivity index (χ1n) is 12.5. The van der Waals surface area contributed by atoms with Crippen LogP contribution in [0.15, 0.2) is 59.2 Å². The molecule has 0 radical (unpaired) electrons. The van der Waals surface area contributed by atoms with E-state index in [2.05, 4.69) is 23.1 Å². The highest BCUT2D eigenvalue weighted by atomic mass is 19.1. The Labute approximate surface area is 206 Å². The summed E-state index contributed by atoms with van der Waals surface area (Å²) in [6.07, 6.45) is 4.97. The van der Waals surface area contributed by atoms with Gasteiger partial charge in [0.05, 0.1) is 18.4 Å². The van der Waals surface area contributed by atoms with Crippen LogP contribution in [0.25, 0.3) is 0 Å². The summed E-state index contributed by atoms with van der Waals surface area (Å²) in [5.74, 6) is 1.64. The monoisotopic (exact) mass is 476 g/mol. The highest BCUT2D eigenvalue weighted by Crippen LogP contribution is 2.30. The van der Waals surface area contributed by atoms with Gasteiger partial charge in [0.25, 0.3) is 5.91 Å². The molecule has 1 aromatic heterocycles. The lowest BCUT2D eigenvalue weighted by Crippen LogP contribution is -2.47. The van der Waals surface area contributed by atoms with Crippen molar-refractivity contribution in [1.29, 1.82) is 0 Å². The van der Waals surface area contributed by atoms with Gasteiger partial charge in [-0.25, -0.2) is 4.39 Å². The SMILES string of the molecule is Cc1occc1C(=O)N(C)C(Cc1ccccc1F)C1CCN(Cc2ccc3c(c2)CCO3)CC1. The second-order valence-corrected chi connectivity index (χ2v) is 9.82. The normalized spacial score (nSPS) is 17.1. The predicted molar refractivity (Wildman–Crippen MR) is 133 cm³/mol. The van der Waals surface area contributed by atoms with E-state index < -0.39 is 0 Å². The first-order valence-corrected chi connectivity index (χ1v) is 12.5. The molecular weight excluding hydrogens is 443 g/mol. The van der Waals surface area contributed by atoms with Crippen LogP contribution >= 0.6 is 0 Å². The molecule has 35 heavy (non-hydrogen) atoms. The zero-order valence-corrected chi connectivity index (χ0v) is 20.5. The molecule has 5 rings (SSSR count). The molecule has 2 aromatic carbocycles. The van der Waals surface area contributed by atoms with Gasteiger partial charge in [-0.15, -0.1) is 0 Å². The van der Waals surface area contributed by atoms with Crippen LogP contribution in [-0.2, 0) is 19.4 Å². The minimum atomic E-state index is -0.212. The maximum atomic E-state index is 14.6. The molecule has 184 valence electrons. The molecule has 3 aromatic rings. The van der Waals surface area contributed by atoms with E-state index in [-0.39, 0.29) is 17.8 Å². The number of furan rings is 1. The highest BCUT2D eigenvalue weighted by molar-refractivity contribution is 5.95. The Morgan fingerprint density at radius 2 is 1.97 bits per heavy atom. The number of ether oxygens (including phenoxy) is 1. The Kier molecular flexibility index (Phi) is 6.91. The summed E-state index contributed by atoms with van der Waals surface area (Å²) in [5, 5.41) is 0. The molecular formula is C29H33FN2O3. The molecule has 1 atom stereocenters. The number of amides is 1. The maximum absolute atomic E-state index is 14.6. The molecule has 0 bridgehead atoms. The average Bonchev–Trinajstić information content (AvgIpc) is 3.52. The third-order valence-electron chi connectivity index (χ3n) is 7.63. The number of nitrogens with zero attached hydrogens (tertiary/aromatic N) is 2. The number of likely N-dealkylation sites (tertiary alicyclic amines) is 1. The van der Waals surface area contributed by atoms with Crippen LogP contribution in [0, 0.1) is 18.7 Å². The van der Waals surface area contributed by atoms with E-state index in [1.807, 2.05) is 24.1 Å². The average molecular weight is 477 g/mol. The van der Waals surface area contributed by atoms with Crippen LogP contribution in [0.5, 0.6) is 5.75 Å². The lowest BCUT2D eigenvalue weighted by molar-refractivity contribution is 0.0581. The Morgan fingerprint density at radius 3 is 2.71 bits per heavy atom.